The summed E-state index contributed by atoms with van der Waals surface area (Å²) in [7, 11) is 0. The Morgan fingerprint density at radius 1 is 1.18 bits per heavy atom. The van der Waals surface area contributed by atoms with Gasteiger partial charge in [0, 0.05) is 12.2 Å². The number of carbonyl (C=O) groups excluding carboxylic acids is 1. The molecular weight excluding hydrogens is 372 g/mol. The van der Waals surface area contributed by atoms with Crippen LogP contribution in [0.5, 0.6) is 5.75 Å². The first-order valence-electron chi connectivity index (χ1n) is 9.21. The fourth-order valence-electron chi connectivity index (χ4n) is 2.81. The van der Waals surface area contributed by atoms with Crippen LogP contribution in [0.4, 0.5) is 5.69 Å². The van der Waals surface area contributed by atoms with Crippen LogP contribution in [0.1, 0.15) is 31.3 Å². The summed E-state index contributed by atoms with van der Waals surface area (Å²) in [4.78, 5) is 12.3. The summed E-state index contributed by atoms with van der Waals surface area (Å²) in [5.74, 6) is 1.72. The van der Waals surface area contributed by atoms with Gasteiger partial charge in [0.2, 0.25) is 5.91 Å². The largest absolute Gasteiger partial charge is 0.483 e. The van der Waals surface area contributed by atoms with Gasteiger partial charge in [-0.05, 0) is 50.6 Å². The van der Waals surface area contributed by atoms with Crippen molar-refractivity contribution in [2.24, 2.45) is 0 Å². The number of nitrogens with zero attached hydrogens (tertiary/aromatic N) is 3. The first-order chi connectivity index (χ1) is 13.6. The monoisotopic (exact) mass is 396 g/mol. The normalized spacial score (nSPS) is 11.8. The zero-order chi connectivity index (χ0) is 19.9. The molecule has 0 saturated heterocycles. The Morgan fingerprint density at radius 3 is 2.68 bits per heavy atom. The zero-order valence-corrected chi connectivity index (χ0v) is 17.1. The Labute approximate surface area is 169 Å². The van der Waals surface area contributed by atoms with Crippen molar-refractivity contribution in [1.82, 2.24) is 14.8 Å². The number of aryl methyl sites for hydroxylation is 1. The van der Waals surface area contributed by atoms with E-state index in [9.17, 15) is 4.79 Å². The summed E-state index contributed by atoms with van der Waals surface area (Å²) in [5, 5.41) is 12.2. The molecule has 1 amide bonds. The molecule has 146 valence electrons. The molecule has 0 fully saturated rings. The van der Waals surface area contributed by atoms with Crippen molar-refractivity contribution in [3.8, 4) is 5.75 Å². The van der Waals surface area contributed by atoms with Crippen molar-refractivity contribution >= 4 is 23.4 Å². The number of rotatable bonds is 8. The summed E-state index contributed by atoms with van der Waals surface area (Å²) >= 11 is 1.37. The highest BCUT2D eigenvalue weighted by Gasteiger charge is 2.19. The van der Waals surface area contributed by atoms with Gasteiger partial charge in [0.1, 0.15) is 5.75 Å². The van der Waals surface area contributed by atoms with E-state index in [1.165, 1.54) is 11.8 Å². The molecule has 3 aromatic rings. The molecule has 7 heteroatoms. The Hall–Kier alpha value is -2.80. The van der Waals surface area contributed by atoms with Crippen LogP contribution in [0.25, 0.3) is 0 Å². The summed E-state index contributed by atoms with van der Waals surface area (Å²) in [6.07, 6.45) is -0.245. The molecule has 28 heavy (non-hydrogen) atoms. The number of carbonyl (C=O) groups is 1. The van der Waals surface area contributed by atoms with E-state index in [0.717, 1.165) is 22.8 Å². The molecule has 0 bridgehead atoms. The number of hydrogen-bond acceptors (Lipinski definition) is 5. The van der Waals surface area contributed by atoms with Crippen LogP contribution in [-0.4, -0.2) is 26.4 Å². The number of ether oxygens (including phenoxy) is 1. The molecule has 2 aromatic carbocycles. The van der Waals surface area contributed by atoms with Crippen molar-refractivity contribution < 1.29 is 9.53 Å². The first-order valence-corrected chi connectivity index (χ1v) is 10.2. The maximum absolute atomic E-state index is 12.3. The van der Waals surface area contributed by atoms with E-state index in [2.05, 4.69) is 15.5 Å². The van der Waals surface area contributed by atoms with Gasteiger partial charge >= 0.3 is 0 Å². The molecule has 1 N–H and O–H groups in total. The molecule has 0 aliphatic heterocycles. The van der Waals surface area contributed by atoms with Gasteiger partial charge in [0.25, 0.3) is 0 Å². The fraction of sp³-hybridized carbons (Fsp3) is 0.286. The van der Waals surface area contributed by atoms with Gasteiger partial charge < -0.3 is 14.6 Å². The minimum absolute atomic E-state index is 0.0728. The quantitative estimate of drug-likeness (QED) is 0.569. The molecule has 1 heterocycles. The van der Waals surface area contributed by atoms with Crippen LogP contribution >= 0.6 is 11.8 Å². The summed E-state index contributed by atoms with van der Waals surface area (Å²) in [6.45, 7) is 6.67. The van der Waals surface area contributed by atoms with Crippen molar-refractivity contribution in [3.05, 3.63) is 66.0 Å². The maximum atomic E-state index is 12.3. The van der Waals surface area contributed by atoms with Gasteiger partial charge in [-0.3, -0.25) is 4.79 Å². The molecule has 0 radical (unpaired) electrons. The third-order valence-corrected chi connectivity index (χ3v) is 5.08. The molecule has 1 aromatic heterocycles. The van der Waals surface area contributed by atoms with E-state index in [1.807, 2.05) is 79.9 Å². The van der Waals surface area contributed by atoms with Crippen LogP contribution in [0.15, 0.2) is 59.8 Å². The van der Waals surface area contributed by atoms with Gasteiger partial charge in [0.15, 0.2) is 17.1 Å². The highest BCUT2D eigenvalue weighted by molar-refractivity contribution is 7.99. The molecule has 0 saturated carbocycles. The Kier molecular flexibility index (Phi) is 6.71. The standard InChI is InChI=1S/C21H24N4O2S/c1-4-25-20(16(3)27-18-11-6-5-7-12-18)23-24-21(25)28-14-19(26)22-17-10-8-9-15(2)13-17/h5-13,16H,4,14H2,1-3H3,(H,22,26)/t16-/m1/s1. The number of thioether (sulfide) groups is 1. The number of nitrogens with one attached hydrogen (secondary N) is 1. The van der Waals surface area contributed by atoms with Gasteiger partial charge in [0.05, 0.1) is 5.75 Å². The highest BCUT2D eigenvalue weighted by atomic mass is 32.2. The van der Waals surface area contributed by atoms with Crippen LogP contribution in [0, 0.1) is 6.92 Å². The number of benzene rings is 2. The second-order valence-electron chi connectivity index (χ2n) is 6.36. The van der Waals surface area contributed by atoms with E-state index in [4.69, 9.17) is 4.74 Å². The van der Waals surface area contributed by atoms with Gasteiger partial charge in [-0.1, -0.05) is 42.1 Å². The third kappa shape index (κ3) is 5.13. The van der Waals surface area contributed by atoms with Crippen molar-refractivity contribution in [2.45, 2.75) is 38.6 Å². The summed E-state index contributed by atoms with van der Waals surface area (Å²) < 4.78 is 7.94. The minimum Gasteiger partial charge on any atom is -0.483 e. The molecule has 1 atom stereocenters. The van der Waals surface area contributed by atoms with Gasteiger partial charge in [-0.25, -0.2) is 0 Å². The highest BCUT2D eigenvalue weighted by Crippen LogP contribution is 2.24. The summed E-state index contributed by atoms with van der Waals surface area (Å²) in [5.41, 5.74) is 1.90. The Balaban J connectivity index is 1.62. The lowest BCUT2D eigenvalue weighted by Gasteiger charge is -2.15. The molecular formula is C21H24N4O2S. The van der Waals surface area contributed by atoms with Crippen LogP contribution in [0.3, 0.4) is 0 Å². The molecule has 0 spiro atoms. The summed E-state index contributed by atoms with van der Waals surface area (Å²) in [6, 6.07) is 17.4. The molecule has 0 unspecified atom stereocenters. The number of anilines is 1. The van der Waals surface area contributed by atoms with Crippen molar-refractivity contribution in [2.75, 3.05) is 11.1 Å². The predicted molar refractivity (Wildman–Crippen MR) is 112 cm³/mol. The molecule has 3 rings (SSSR count). The number of aromatic nitrogens is 3. The number of hydrogen-bond donors (Lipinski definition) is 1. The van der Waals surface area contributed by atoms with E-state index in [0.29, 0.717) is 11.7 Å². The fourth-order valence-corrected chi connectivity index (χ4v) is 3.62. The Morgan fingerprint density at radius 2 is 1.96 bits per heavy atom. The first kappa shape index (κ1) is 19.9. The van der Waals surface area contributed by atoms with E-state index < -0.39 is 0 Å². The molecule has 6 nitrogen and oxygen atoms in total. The van der Waals surface area contributed by atoms with Crippen molar-refractivity contribution in [1.29, 1.82) is 0 Å². The second-order valence-corrected chi connectivity index (χ2v) is 7.31. The lowest BCUT2D eigenvalue weighted by molar-refractivity contribution is -0.113. The van der Waals surface area contributed by atoms with E-state index in [1.54, 1.807) is 0 Å². The zero-order valence-electron chi connectivity index (χ0n) is 16.3. The topological polar surface area (TPSA) is 69.0 Å². The lowest BCUT2D eigenvalue weighted by atomic mass is 10.2. The average Bonchev–Trinajstić information content (AvgIpc) is 3.10. The van der Waals surface area contributed by atoms with Gasteiger partial charge in [-0.2, -0.15) is 0 Å². The molecule has 0 aliphatic rings. The molecule has 0 aliphatic carbocycles. The third-order valence-electron chi connectivity index (χ3n) is 4.12. The van der Waals surface area contributed by atoms with Crippen LogP contribution in [0.2, 0.25) is 0 Å². The van der Waals surface area contributed by atoms with E-state index >= 15 is 0 Å². The second kappa shape index (κ2) is 9.41. The SMILES string of the molecule is CCn1c(SCC(=O)Nc2cccc(C)c2)nnc1[C@@H](C)Oc1ccccc1. The maximum Gasteiger partial charge on any atom is 0.234 e. The predicted octanol–water partition coefficient (Wildman–Crippen LogP) is 4.48. The number of amides is 1. The van der Waals surface area contributed by atoms with Crippen LogP contribution < -0.4 is 10.1 Å². The van der Waals surface area contributed by atoms with Crippen molar-refractivity contribution in [3.63, 3.8) is 0 Å². The average molecular weight is 397 g/mol. The van der Waals surface area contributed by atoms with Gasteiger partial charge in [-0.15, -0.1) is 10.2 Å². The Bertz CT molecular complexity index is 927. The van der Waals surface area contributed by atoms with E-state index in [-0.39, 0.29) is 17.8 Å². The number of para-hydroxylation sites is 1. The smallest absolute Gasteiger partial charge is 0.234 e. The lowest BCUT2D eigenvalue weighted by Crippen LogP contribution is -2.15. The van der Waals surface area contributed by atoms with Crippen LogP contribution in [-0.2, 0) is 11.3 Å². The minimum atomic E-state index is -0.245.